The van der Waals surface area contributed by atoms with E-state index in [1.54, 1.807) is 11.7 Å². The zero-order chi connectivity index (χ0) is 21.1. The predicted octanol–water partition coefficient (Wildman–Crippen LogP) is 5.24. The molecule has 4 aromatic rings. The summed E-state index contributed by atoms with van der Waals surface area (Å²) in [5.41, 5.74) is 3.62. The van der Waals surface area contributed by atoms with Gasteiger partial charge in [-0.3, -0.25) is 9.36 Å². The van der Waals surface area contributed by atoms with Gasteiger partial charge >= 0.3 is 0 Å². The SMILES string of the molecule is COCCCn1c(SCc2cc3ccc(C)cc3nc2Cl)nc2ccccc2c1=O. The smallest absolute Gasteiger partial charge is 0.262 e. The maximum absolute atomic E-state index is 13.1. The third-order valence-electron chi connectivity index (χ3n) is 4.91. The van der Waals surface area contributed by atoms with Crippen molar-refractivity contribution in [1.82, 2.24) is 14.5 Å². The Labute approximate surface area is 184 Å². The van der Waals surface area contributed by atoms with Crippen molar-refractivity contribution >= 4 is 45.2 Å². The lowest BCUT2D eigenvalue weighted by molar-refractivity contribution is 0.189. The van der Waals surface area contributed by atoms with E-state index in [4.69, 9.17) is 21.3 Å². The minimum atomic E-state index is -0.0302. The van der Waals surface area contributed by atoms with Gasteiger partial charge in [0.25, 0.3) is 5.56 Å². The normalized spacial score (nSPS) is 11.4. The summed E-state index contributed by atoms with van der Waals surface area (Å²) in [5.74, 6) is 0.574. The van der Waals surface area contributed by atoms with Crippen molar-refractivity contribution in [3.8, 4) is 0 Å². The number of ether oxygens (including phenoxy) is 1. The van der Waals surface area contributed by atoms with Gasteiger partial charge in [-0.1, -0.05) is 47.6 Å². The Kier molecular flexibility index (Phi) is 6.37. The zero-order valence-electron chi connectivity index (χ0n) is 16.9. The summed E-state index contributed by atoms with van der Waals surface area (Å²) in [6, 6.07) is 15.6. The molecule has 2 aromatic heterocycles. The van der Waals surface area contributed by atoms with Gasteiger partial charge in [0.05, 0.1) is 16.4 Å². The molecule has 2 aromatic carbocycles. The molecule has 0 saturated heterocycles. The minimum absolute atomic E-state index is 0.0302. The maximum Gasteiger partial charge on any atom is 0.262 e. The number of benzene rings is 2. The third-order valence-corrected chi connectivity index (χ3v) is 6.27. The standard InChI is InChI=1S/C23H22ClN3O2S/c1-15-8-9-16-13-17(21(24)25-20(16)12-15)14-30-23-26-19-7-4-3-6-18(19)22(28)27(23)10-5-11-29-2/h3-4,6-9,12-13H,5,10-11,14H2,1-2H3. The van der Waals surface area contributed by atoms with E-state index in [1.165, 1.54) is 11.8 Å². The molecule has 0 fully saturated rings. The molecule has 0 atom stereocenters. The number of fused-ring (bicyclic) bond motifs is 2. The van der Waals surface area contributed by atoms with E-state index in [0.29, 0.717) is 40.1 Å². The van der Waals surface area contributed by atoms with Crippen LogP contribution in [0.2, 0.25) is 5.15 Å². The molecule has 0 unspecified atom stereocenters. The van der Waals surface area contributed by atoms with Gasteiger partial charge in [-0.2, -0.15) is 0 Å². The maximum atomic E-state index is 13.1. The molecule has 5 nitrogen and oxygen atoms in total. The quantitative estimate of drug-likeness (QED) is 0.171. The van der Waals surface area contributed by atoms with Gasteiger partial charge in [0.2, 0.25) is 0 Å². The Hall–Kier alpha value is -2.41. The average molecular weight is 440 g/mol. The minimum Gasteiger partial charge on any atom is -0.385 e. The van der Waals surface area contributed by atoms with Crippen LogP contribution in [0.5, 0.6) is 0 Å². The molecule has 0 bridgehead atoms. The highest BCUT2D eigenvalue weighted by Gasteiger charge is 2.13. The number of aromatic nitrogens is 3. The molecule has 0 N–H and O–H groups in total. The number of para-hydroxylation sites is 1. The van der Waals surface area contributed by atoms with Crippen LogP contribution in [0, 0.1) is 6.92 Å². The molecular weight excluding hydrogens is 418 g/mol. The number of nitrogens with zero attached hydrogens (tertiary/aromatic N) is 3. The van der Waals surface area contributed by atoms with Crippen LogP contribution in [0.1, 0.15) is 17.5 Å². The number of rotatable bonds is 7. The molecule has 0 amide bonds. The van der Waals surface area contributed by atoms with Crippen LogP contribution in [0.3, 0.4) is 0 Å². The summed E-state index contributed by atoms with van der Waals surface area (Å²) in [6.45, 7) is 3.17. The van der Waals surface area contributed by atoms with Crippen molar-refractivity contribution in [3.05, 3.63) is 75.2 Å². The van der Waals surface area contributed by atoms with E-state index in [9.17, 15) is 4.79 Å². The number of hydrogen-bond acceptors (Lipinski definition) is 5. The Morgan fingerprint density at radius 2 is 1.93 bits per heavy atom. The highest BCUT2D eigenvalue weighted by molar-refractivity contribution is 7.98. The van der Waals surface area contributed by atoms with Crippen molar-refractivity contribution in [2.24, 2.45) is 0 Å². The van der Waals surface area contributed by atoms with Crippen LogP contribution >= 0.6 is 23.4 Å². The molecule has 0 aliphatic rings. The van der Waals surface area contributed by atoms with E-state index < -0.39 is 0 Å². The zero-order valence-corrected chi connectivity index (χ0v) is 18.5. The topological polar surface area (TPSA) is 57.0 Å². The van der Waals surface area contributed by atoms with Crippen LogP contribution < -0.4 is 5.56 Å². The Morgan fingerprint density at radius 3 is 2.77 bits per heavy atom. The summed E-state index contributed by atoms with van der Waals surface area (Å²) < 4.78 is 6.89. The molecule has 154 valence electrons. The van der Waals surface area contributed by atoms with Gasteiger partial charge in [-0.05, 0) is 43.2 Å². The first-order chi connectivity index (χ1) is 14.6. The fourth-order valence-electron chi connectivity index (χ4n) is 3.36. The second-order valence-corrected chi connectivity index (χ2v) is 8.44. The van der Waals surface area contributed by atoms with Crippen LogP contribution in [-0.4, -0.2) is 28.3 Å². The van der Waals surface area contributed by atoms with Crippen LogP contribution in [0.15, 0.2) is 58.5 Å². The largest absolute Gasteiger partial charge is 0.385 e. The monoisotopic (exact) mass is 439 g/mol. The number of methoxy groups -OCH3 is 1. The highest BCUT2D eigenvalue weighted by Crippen LogP contribution is 2.28. The predicted molar refractivity (Wildman–Crippen MR) is 124 cm³/mol. The summed E-state index contributed by atoms with van der Waals surface area (Å²) in [5, 5.41) is 2.83. The van der Waals surface area contributed by atoms with Gasteiger partial charge in [0, 0.05) is 37.0 Å². The molecule has 0 radical (unpaired) electrons. The van der Waals surface area contributed by atoms with Crippen LogP contribution in [0.4, 0.5) is 0 Å². The van der Waals surface area contributed by atoms with E-state index >= 15 is 0 Å². The van der Waals surface area contributed by atoms with Crippen LogP contribution in [0.25, 0.3) is 21.8 Å². The summed E-state index contributed by atoms with van der Waals surface area (Å²) in [7, 11) is 1.66. The number of halogens is 1. The van der Waals surface area contributed by atoms with Crippen molar-refractivity contribution < 1.29 is 4.74 Å². The first-order valence-corrected chi connectivity index (χ1v) is 11.1. The van der Waals surface area contributed by atoms with Gasteiger partial charge in [0.1, 0.15) is 5.15 Å². The number of pyridine rings is 1. The summed E-state index contributed by atoms with van der Waals surface area (Å²) >= 11 is 7.96. The number of thioether (sulfide) groups is 1. The molecular formula is C23H22ClN3O2S. The lowest BCUT2D eigenvalue weighted by Crippen LogP contribution is -2.24. The van der Waals surface area contributed by atoms with E-state index in [0.717, 1.165) is 28.5 Å². The van der Waals surface area contributed by atoms with Crippen molar-refractivity contribution in [2.45, 2.75) is 30.8 Å². The van der Waals surface area contributed by atoms with Crippen LogP contribution in [-0.2, 0) is 17.0 Å². The first-order valence-electron chi connectivity index (χ1n) is 9.74. The van der Waals surface area contributed by atoms with E-state index in [1.807, 2.05) is 37.3 Å². The molecule has 30 heavy (non-hydrogen) atoms. The van der Waals surface area contributed by atoms with Gasteiger partial charge in [-0.25, -0.2) is 9.97 Å². The lowest BCUT2D eigenvalue weighted by atomic mass is 10.1. The third kappa shape index (κ3) is 4.36. The molecule has 0 aliphatic heterocycles. The average Bonchev–Trinajstić information content (AvgIpc) is 2.74. The molecule has 4 rings (SSSR count). The molecule has 7 heteroatoms. The molecule has 0 saturated carbocycles. The Balaban J connectivity index is 1.68. The first kappa shape index (κ1) is 20.8. The van der Waals surface area contributed by atoms with E-state index in [-0.39, 0.29) is 5.56 Å². The molecule has 0 spiro atoms. The Morgan fingerprint density at radius 1 is 1.10 bits per heavy atom. The molecule has 2 heterocycles. The second-order valence-electron chi connectivity index (χ2n) is 7.14. The fraction of sp³-hybridized carbons (Fsp3) is 0.261. The number of hydrogen-bond donors (Lipinski definition) is 0. The van der Waals surface area contributed by atoms with Gasteiger partial charge < -0.3 is 4.74 Å². The van der Waals surface area contributed by atoms with Gasteiger partial charge in [0.15, 0.2) is 5.16 Å². The summed E-state index contributed by atoms with van der Waals surface area (Å²) in [4.78, 5) is 22.4. The molecule has 0 aliphatic carbocycles. The van der Waals surface area contributed by atoms with Gasteiger partial charge in [-0.15, -0.1) is 0 Å². The fourth-order valence-corrected chi connectivity index (χ4v) is 4.65. The summed E-state index contributed by atoms with van der Waals surface area (Å²) in [6.07, 6.45) is 0.738. The highest BCUT2D eigenvalue weighted by atomic mass is 35.5. The van der Waals surface area contributed by atoms with Crippen molar-refractivity contribution in [1.29, 1.82) is 0 Å². The number of aryl methyl sites for hydroxylation is 1. The lowest BCUT2D eigenvalue weighted by Gasteiger charge is -2.13. The van der Waals surface area contributed by atoms with E-state index in [2.05, 4.69) is 23.2 Å². The van der Waals surface area contributed by atoms with Crippen molar-refractivity contribution in [3.63, 3.8) is 0 Å². The van der Waals surface area contributed by atoms with Crippen molar-refractivity contribution in [2.75, 3.05) is 13.7 Å². The Bertz CT molecular complexity index is 1270. The second kappa shape index (κ2) is 9.16.